The van der Waals surface area contributed by atoms with Crippen molar-refractivity contribution >= 4 is 17.6 Å². The van der Waals surface area contributed by atoms with Crippen LogP contribution in [0, 0.1) is 16.0 Å². The summed E-state index contributed by atoms with van der Waals surface area (Å²) in [7, 11) is 1.57. The van der Waals surface area contributed by atoms with E-state index in [1.807, 2.05) is 0 Å². The molecule has 0 unspecified atom stereocenters. The lowest BCUT2D eigenvalue weighted by atomic mass is 9.81. The van der Waals surface area contributed by atoms with Gasteiger partial charge in [-0.15, -0.1) is 0 Å². The van der Waals surface area contributed by atoms with Crippen molar-refractivity contribution in [2.24, 2.45) is 5.92 Å². The van der Waals surface area contributed by atoms with E-state index in [-0.39, 0.29) is 29.2 Å². The fourth-order valence-corrected chi connectivity index (χ4v) is 2.02. The number of nitro groups is 1. The summed E-state index contributed by atoms with van der Waals surface area (Å²) in [6.07, 6.45) is 0.761. The first-order valence-corrected chi connectivity index (χ1v) is 6.18. The van der Waals surface area contributed by atoms with Gasteiger partial charge >= 0.3 is 5.97 Å². The number of carbonyl (C=O) groups is 2. The molecule has 0 atom stereocenters. The molecule has 0 aromatic heterocycles. The number of hydrogen-bond donors (Lipinski definition) is 1. The van der Waals surface area contributed by atoms with Crippen LogP contribution in [0.15, 0.2) is 24.3 Å². The molecule has 0 saturated heterocycles. The van der Waals surface area contributed by atoms with Gasteiger partial charge < -0.3 is 10.1 Å². The Bertz CT molecular complexity index is 534. The minimum Gasteiger partial charge on any atom is -0.459 e. The highest BCUT2D eigenvalue weighted by Gasteiger charge is 2.36. The van der Waals surface area contributed by atoms with E-state index in [0.717, 1.165) is 0 Å². The molecule has 0 heterocycles. The molecule has 1 aromatic carbocycles. The quantitative estimate of drug-likeness (QED) is 0.508. The summed E-state index contributed by atoms with van der Waals surface area (Å²) in [5.41, 5.74) is 0.184. The molecule has 1 aromatic rings. The van der Waals surface area contributed by atoms with Crippen molar-refractivity contribution < 1.29 is 19.2 Å². The summed E-state index contributed by atoms with van der Waals surface area (Å²) in [5, 5.41) is 13.0. The van der Waals surface area contributed by atoms with Crippen LogP contribution in [0.1, 0.15) is 23.2 Å². The molecule has 106 valence electrons. The third-order valence-corrected chi connectivity index (χ3v) is 3.30. The Balaban J connectivity index is 1.87. The summed E-state index contributed by atoms with van der Waals surface area (Å²) in [6.45, 7) is 0. The van der Waals surface area contributed by atoms with Gasteiger partial charge in [-0.05, 0) is 25.0 Å². The van der Waals surface area contributed by atoms with Crippen LogP contribution in [-0.2, 0) is 9.53 Å². The lowest BCUT2D eigenvalue weighted by Crippen LogP contribution is -2.41. The van der Waals surface area contributed by atoms with E-state index in [2.05, 4.69) is 5.32 Å². The van der Waals surface area contributed by atoms with Crippen LogP contribution < -0.4 is 5.32 Å². The second-order valence-electron chi connectivity index (χ2n) is 4.61. The maximum Gasteiger partial charge on any atom is 0.338 e. The molecule has 1 amide bonds. The minimum absolute atomic E-state index is 0.0485. The SMILES string of the molecule is CNC(=O)C1CC(OC(=O)c2ccc([N+](=O)[O-])cc2)C1. The number of nitro benzene ring substituents is 1. The van der Waals surface area contributed by atoms with Crippen LogP contribution in [0.3, 0.4) is 0 Å². The van der Waals surface area contributed by atoms with E-state index in [4.69, 9.17) is 4.74 Å². The third-order valence-electron chi connectivity index (χ3n) is 3.30. The molecule has 0 radical (unpaired) electrons. The molecule has 1 aliphatic rings. The van der Waals surface area contributed by atoms with Crippen molar-refractivity contribution in [1.82, 2.24) is 5.32 Å². The van der Waals surface area contributed by atoms with Crippen molar-refractivity contribution in [3.05, 3.63) is 39.9 Å². The highest BCUT2D eigenvalue weighted by atomic mass is 16.6. The van der Waals surface area contributed by atoms with Crippen LogP contribution >= 0.6 is 0 Å². The predicted molar refractivity (Wildman–Crippen MR) is 69.1 cm³/mol. The van der Waals surface area contributed by atoms with Crippen LogP contribution in [0.25, 0.3) is 0 Å². The number of rotatable bonds is 4. The molecule has 1 saturated carbocycles. The Morgan fingerprint density at radius 1 is 1.30 bits per heavy atom. The summed E-state index contributed by atoms with van der Waals surface area (Å²) >= 11 is 0. The van der Waals surface area contributed by atoms with Crippen molar-refractivity contribution in [3.8, 4) is 0 Å². The molecule has 2 rings (SSSR count). The minimum atomic E-state index is -0.533. The lowest BCUT2D eigenvalue weighted by molar-refractivity contribution is -0.384. The van der Waals surface area contributed by atoms with E-state index in [1.165, 1.54) is 24.3 Å². The molecule has 7 heteroatoms. The number of benzene rings is 1. The number of amides is 1. The zero-order valence-electron chi connectivity index (χ0n) is 10.9. The second-order valence-corrected chi connectivity index (χ2v) is 4.61. The van der Waals surface area contributed by atoms with Gasteiger partial charge in [-0.2, -0.15) is 0 Å². The molecule has 1 N–H and O–H groups in total. The van der Waals surface area contributed by atoms with Crippen LogP contribution in [0.2, 0.25) is 0 Å². The monoisotopic (exact) mass is 278 g/mol. The van der Waals surface area contributed by atoms with Gasteiger partial charge in [-0.25, -0.2) is 4.79 Å². The highest BCUT2D eigenvalue weighted by molar-refractivity contribution is 5.90. The van der Waals surface area contributed by atoms with Crippen molar-refractivity contribution in [1.29, 1.82) is 0 Å². The zero-order valence-corrected chi connectivity index (χ0v) is 10.9. The average Bonchev–Trinajstić information content (AvgIpc) is 2.41. The number of esters is 1. The molecule has 0 bridgehead atoms. The number of ether oxygens (including phenoxy) is 1. The third kappa shape index (κ3) is 2.93. The molecule has 7 nitrogen and oxygen atoms in total. The molecule has 20 heavy (non-hydrogen) atoms. The van der Waals surface area contributed by atoms with Gasteiger partial charge in [-0.3, -0.25) is 14.9 Å². The van der Waals surface area contributed by atoms with Crippen LogP contribution in [0.4, 0.5) is 5.69 Å². The van der Waals surface area contributed by atoms with E-state index < -0.39 is 10.9 Å². The lowest BCUT2D eigenvalue weighted by Gasteiger charge is -2.33. The first-order valence-electron chi connectivity index (χ1n) is 6.18. The largest absolute Gasteiger partial charge is 0.459 e. The van der Waals surface area contributed by atoms with Crippen molar-refractivity contribution in [2.45, 2.75) is 18.9 Å². The number of nitrogens with one attached hydrogen (secondary N) is 1. The number of nitrogens with zero attached hydrogens (tertiary/aromatic N) is 1. The van der Waals surface area contributed by atoms with E-state index in [9.17, 15) is 19.7 Å². The second kappa shape index (κ2) is 5.68. The van der Waals surface area contributed by atoms with Crippen LogP contribution in [-0.4, -0.2) is 30.0 Å². The summed E-state index contributed by atoms with van der Waals surface area (Å²) in [4.78, 5) is 33.0. The topological polar surface area (TPSA) is 98.5 Å². The zero-order chi connectivity index (χ0) is 14.7. The molecular weight excluding hydrogens is 264 g/mol. The fraction of sp³-hybridized carbons (Fsp3) is 0.385. The van der Waals surface area contributed by atoms with Crippen LogP contribution in [0.5, 0.6) is 0 Å². The standard InChI is InChI=1S/C13H14N2O5/c1-14-12(16)9-6-11(7-9)20-13(17)8-2-4-10(5-3-8)15(18)19/h2-5,9,11H,6-7H2,1H3,(H,14,16). The van der Waals surface area contributed by atoms with Gasteiger partial charge in [0.2, 0.25) is 5.91 Å². The predicted octanol–water partition coefficient (Wildman–Crippen LogP) is 1.28. The maximum absolute atomic E-state index is 11.8. The van der Waals surface area contributed by atoms with Crippen molar-refractivity contribution in [3.63, 3.8) is 0 Å². The van der Waals surface area contributed by atoms with Gasteiger partial charge in [-0.1, -0.05) is 0 Å². The molecule has 1 fully saturated rings. The van der Waals surface area contributed by atoms with E-state index in [0.29, 0.717) is 12.8 Å². The number of hydrogen-bond acceptors (Lipinski definition) is 5. The molecular formula is C13H14N2O5. The number of carbonyl (C=O) groups excluding carboxylic acids is 2. The van der Waals surface area contributed by atoms with Gasteiger partial charge in [0.25, 0.3) is 5.69 Å². The fourth-order valence-electron chi connectivity index (χ4n) is 2.02. The Morgan fingerprint density at radius 3 is 2.40 bits per heavy atom. The highest BCUT2D eigenvalue weighted by Crippen LogP contribution is 2.30. The summed E-state index contributed by atoms with van der Waals surface area (Å²) in [6, 6.07) is 5.22. The Morgan fingerprint density at radius 2 is 1.90 bits per heavy atom. The Kier molecular flexibility index (Phi) is 3.97. The van der Waals surface area contributed by atoms with Gasteiger partial charge in [0, 0.05) is 25.1 Å². The van der Waals surface area contributed by atoms with Crippen molar-refractivity contribution in [2.75, 3.05) is 7.05 Å². The molecule has 0 aliphatic heterocycles. The Hall–Kier alpha value is -2.44. The van der Waals surface area contributed by atoms with Gasteiger partial charge in [0.05, 0.1) is 10.5 Å². The first-order chi connectivity index (χ1) is 9.51. The average molecular weight is 278 g/mol. The number of non-ortho nitro benzene ring substituents is 1. The van der Waals surface area contributed by atoms with E-state index >= 15 is 0 Å². The molecule has 1 aliphatic carbocycles. The van der Waals surface area contributed by atoms with E-state index in [1.54, 1.807) is 7.05 Å². The normalized spacial score (nSPS) is 20.6. The van der Waals surface area contributed by atoms with Gasteiger partial charge in [0.15, 0.2) is 0 Å². The summed E-state index contributed by atoms with van der Waals surface area (Å²) < 4.78 is 5.21. The smallest absolute Gasteiger partial charge is 0.338 e. The molecule has 0 spiro atoms. The maximum atomic E-state index is 11.8. The Labute approximate surface area is 115 Å². The van der Waals surface area contributed by atoms with Gasteiger partial charge in [0.1, 0.15) is 6.10 Å². The first kappa shape index (κ1) is 14.0. The summed E-state index contributed by atoms with van der Waals surface area (Å²) in [5.74, 6) is -0.678.